The number of amides is 1. The lowest BCUT2D eigenvalue weighted by Gasteiger charge is -2.13. The highest BCUT2D eigenvalue weighted by Crippen LogP contribution is 2.40. The maximum Gasteiger partial charge on any atom is 0.254 e. The van der Waals surface area contributed by atoms with E-state index in [1.54, 1.807) is 12.5 Å². The standard InChI is InChI=1S/C15H20N6O/c1-9(14-20-18-8-21(14)3)6-17-15(22)12-7-16-10(2)19-13(12)11-4-5-11/h7-9,11H,4-6H2,1-3H3,(H,17,22). The van der Waals surface area contributed by atoms with Crippen LogP contribution in [0.1, 0.15) is 59.3 Å². The normalized spacial score (nSPS) is 15.6. The van der Waals surface area contributed by atoms with Crippen LogP contribution in [0.15, 0.2) is 12.5 Å². The van der Waals surface area contributed by atoms with E-state index >= 15 is 0 Å². The summed E-state index contributed by atoms with van der Waals surface area (Å²) in [6.07, 6.45) is 5.50. The number of hydrogen-bond acceptors (Lipinski definition) is 5. The Morgan fingerprint density at radius 1 is 1.50 bits per heavy atom. The number of nitrogens with one attached hydrogen (secondary N) is 1. The zero-order valence-corrected chi connectivity index (χ0v) is 13.1. The molecule has 0 aliphatic heterocycles. The summed E-state index contributed by atoms with van der Waals surface area (Å²) < 4.78 is 1.86. The number of hydrogen-bond donors (Lipinski definition) is 1. The van der Waals surface area contributed by atoms with Gasteiger partial charge in [-0.05, 0) is 19.8 Å². The number of nitrogens with zero attached hydrogens (tertiary/aromatic N) is 5. The minimum Gasteiger partial charge on any atom is -0.351 e. The molecule has 2 aromatic rings. The first kappa shape index (κ1) is 14.6. The van der Waals surface area contributed by atoms with E-state index in [9.17, 15) is 4.79 Å². The molecular formula is C15H20N6O. The van der Waals surface area contributed by atoms with Crippen molar-refractivity contribution in [2.45, 2.75) is 38.5 Å². The van der Waals surface area contributed by atoms with Crippen molar-refractivity contribution in [2.75, 3.05) is 6.54 Å². The van der Waals surface area contributed by atoms with Crippen molar-refractivity contribution in [3.05, 3.63) is 35.4 Å². The summed E-state index contributed by atoms with van der Waals surface area (Å²) in [7, 11) is 1.90. The van der Waals surface area contributed by atoms with Crippen LogP contribution in [-0.4, -0.2) is 37.2 Å². The Morgan fingerprint density at radius 3 is 2.91 bits per heavy atom. The third kappa shape index (κ3) is 2.98. The molecule has 1 N–H and O–H groups in total. The van der Waals surface area contributed by atoms with Crippen LogP contribution in [0.5, 0.6) is 0 Å². The average molecular weight is 300 g/mol. The molecule has 22 heavy (non-hydrogen) atoms. The highest BCUT2D eigenvalue weighted by Gasteiger charge is 2.30. The molecule has 7 nitrogen and oxygen atoms in total. The maximum atomic E-state index is 12.4. The molecule has 1 unspecified atom stereocenters. The molecule has 0 spiro atoms. The first-order valence-electron chi connectivity index (χ1n) is 7.52. The largest absolute Gasteiger partial charge is 0.351 e. The molecular weight excluding hydrogens is 280 g/mol. The average Bonchev–Trinajstić information content (AvgIpc) is 3.26. The Kier molecular flexibility index (Phi) is 3.87. The molecule has 0 aromatic carbocycles. The summed E-state index contributed by atoms with van der Waals surface area (Å²) in [5.74, 6) is 1.95. The van der Waals surface area contributed by atoms with E-state index in [4.69, 9.17) is 0 Å². The molecule has 1 amide bonds. The van der Waals surface area contributed by atoms with Crippen LogP contribution in [-0.2, 0) is 7.05 Å². The Hall–Kier alpha value is -2.31. The van der Waals surface area contributed by atoms with Gasteiger partial charge in [-0.25, -0.2) is 9.97 Å². The predicted molar refractivity (Wildman–Crippen MR) is 80.5 cm³/mol. The fourth-order valence-corrected chi connectivity index (χ4v) is 2.50. The van der Waals surface area contributed by atoms with Gasteiger partial charge in [-0.1, -0.05) is 6.92 Å². The Morgan fingerprint density at radius 2 is 2.27 bits per heavy atom. The minimum absolute atomic E-state index is 0.0900. The number of carbonyl (C=O) groups is 1. The lowest BCUT2D eigenvalue weighted by Crippen LogP contribution is -2.29. The van der Waals surface area contributed by atoms with Gasteiger partial charge in [-0.3, -0.25) is 4.79 Å². The fourth-order valence-electron chi connectivity index (χ4n) is 2.50. The van der Waals surface area contributed by atoms with Crippen molar-refractivity contribution in [1.82, 2.24) is 30.0 Å². The Balaban J connectivity index is 1.69. The molecule has 0 saturated heterocycles. The number of carbonyl (C=O) groups excluding carboxylic acids is 1. The topological polar surface area (TPSA) is 85.6 Å². The monoisotopic (exact) mass is 300 g/mol. The Bertz CT molecular complexity index is 691. The summed E-state index contributed by atoms with van der Waals surface area (Å²) in [5.41, 5.74) is 1.48. The van der Waals surface area contributed by atoms with Crippen LogP contribution in [0, 0.1) is 6.92 Å². The van der Waals surface area contributed by atoms with Crippen molar-refractivity contribution >= 4 is 5.91 Å². The van der Waals surface area contributed by atoms with Gasteiger partial charge in [0.15, 0.2) is 0 Å². The van der Waals surface area contributed by atoms with Crippen molar-refractivity contribution in [3.8, 4) is 0 Å². The molecule has 1 aliphatic rings. The summed E-state index contributed by atoms with van der Waals surface area (Å²) in [6, 6.07) is 0. The van der Waals surface area contributed by atoms with Gasteiger partial charge >= 0.3 is 0 Å². The Labute approximate surface area is 129 Å². The van der Waals surface area contributed by atoms with Gasteiger partial charge < -0.3 is 9.88 Å². The van der Waals surface area contributed by atoms with Crippen molar-refractivity contribution in [1.29, 1.82) is 0 Å². The second-order valence-corrected chi connectivity index (χ2v) is 5.90. The van der Waals surface area contributed by atoms with E-state index in [0.29, 0.717) is 23.9 Å². The van der Waals surface area contributed by atoms with Crippen LogP contribution in [0.25, 0.3) is 0 Å². The highest BCUT2D eigenvalue weighted by molar-refractivity contribution is 5.95. The van der Waals surface area contributed by atoms with Crippen molar-refractivity contribution in [3.63, 3.8) is 0 Å². The van der Waals surface area contributed by atoms with Gasteiger partial charge in [0.05, 0.1) is 11.3 Å². The fraction of sp³-hybridized carbons (Fsp3) is 0.533. The predicted octanol–water partition coefficient (Wildman–Crippen LogP) is 1.32. The molecule has 0 bridgehead atoms. The van der Waals surface area contributed by atoms with Crippen molar-refractivity contribution < 1.29 is 4.79 Å². The smallest absolute Gasteiger partial charge is 0.254 e. The van der Waals surface area contributed by atoms with Gasteiger partial charge in [0, 0.05) is 31.6 Å². The maximum absolute atomic E-state index is 12.4. The summed E-state index contributed by atoms with van der Waals surface area (Å²) in [4.78, 5) is 21.0. The molecule has 2 aromatic heterocycles. The molecule has 7 heteroatoms. The van der Waals surface area contributed by atoms with Gasteiger partial charge in [0.25, 0.3) is 5.91 Å². The van der Waals surface area contributed by atoms with E-state index in [1.807, 2.05) is 25.5 Å². The van der Waals surface area contributed by atoms with Crippen LogP contribution in [0.3, 0.4) is 0 Å². The molecule has 1 atom stereocenters. The van der Waals surface area contributed by atoms with E-state index < -0.39 is 0 Å². The molecule has 1 fully saturated rings. The minimum atomic E-state index is -0.115. The zero-order valence-electron chi connectivity index (χ0n) is 13.1. The van der Waals surface area contributed by atoms with Gasteiger partial charge in [0.2, 0.25) is 0 Å². The second kappa shape index (κ2) is 5.82. The van der Waals surface area contributed by atoms with Crippen LogP contribution in [0.2, 0.25) is 0 Å². The highest BCUT2D eigenvalue weighted by atomic mass is 16.1. The summed E-state index contributed by atoms with van der Waals surface area (Å²) in [6.45, 7) is 4.37. The first-order valence-corrected chi connectivity index (χ1v) is 7.52. The third-order valence-electron chi connectivity index (χ3n) is 3.90. The molecule has 1 saturated carbocycles. The third-order valence-corrected chi connectivity index (χ3v) is 3.90. The number of aromatic nitrogens is 5. The number of aryl methyl sites for hydroxylation is 2. The van der Waals surface area contributed by atoms with Crippen LogP contribution >= 0.6 is 0 Å². The van der Waals surface area contributed by atoms with Gasteiger partial charge in [-0.15, -0.1) is 10.2 Å². The lowest BCUT2D eigenvalue weighted by atomic mass is 10.1. The van der Waals surface area contributed by atoms with E-state index in [2.05, 4.69) is 25.5 Å². The quantitative estimate of drug-likeness (QED) is 0.900. The van der Waals surface area contributed by atoms with Gasteiger partial charge in [0.1, 0.15) is 18.0 Å². The van der Waals surface area contributed by atoms with E-state index in [-0.39, 0.29) is 11.8 Å². The van der Waals surface area contributed by atoms with E-state index in [0.717, 1.165) is 24.4 Å². The van der Waals surface area contributed by atoms with E-state index in [1.165, 1.54) is 0 Å². The van der Waals surface area contributed by atoms with Crippen LogP contribution in [0.4, 0.5) is 0 Å². The molecule has 2 heterocycles. The lowest BCUT2D eigenvalue weighted by molar-refractivity contribution is 0.0949. The first-order chi connectivity index (χ1) is 10.6. The number of rotatable bonds is 5. The second-order valence-electron chi connectivity index (χ2n) is 5.90. The van der Waals surface area contributed by atoms with Gasteiger partial charge in [-0.2, -0.15) is 0 Å². The van der Waals surface area contributed by atoms with Crippen LogP contribution < -0.4 is 5.32 Å². The molecule has 0 radical (unpaired) electrons. The molecule has 3 rings (SSSR count). The zero-order chi connectivity index (χ0) is 15.7. The molecule has 1 aliphatic carbocycles. The summed E-state index contributed by atoms with van der Waals surface area (Å²) in [5, 5.41) is 10.9. The SMILES string of the molecule is Cc1ncc(C(=O)NCC(C)c2nncn2C)c(C2CC2)n1. The van der Waals surface area contributed by atoms with Crippen molar-refractivity contribution in [2.24, 2.45) is 7.05 Å². The molecule has 116 valence electrons. The summed E-state index contributed by atoms with van der Waals surface area (Å²) >= 11 is 0.